The highest BCUT2D eigenvalue weighted by molar-refractivity contribution is 7.91. The summed E-state index contributed by atoms with van der Waals surface area (Å²) in [6.45, 7) is 2.80. The number of aliphatic hydroxyl groups excluding tert-OH is 1. The number of hydrogen-bond acceptors (Lipinski definition) is 7. The predicted molar refractivity (Wildman–Crippen MR) is 146 cm³/mol. The number of alkyl halides is 3. The quantitative estimate of drug-likeness (QED) is 0.506. The second kappa shape index (κ2) is 15.5. The molecule has 224 valence electrons. The minimum absolute atomic E-state index is 0.0209. The van der Waals surface area contributed by atoms with E-state index in [2.05, 4.69) is 19.9 Å². The van der Waals surface area contributed by atoms with Gasteiger partial charge in [0, 0.05) is 33.5 Å². The lowest BCUT2D eigenvalue weighted by Gasteiger charge is -2.23. The topological polar surface area (TPSA) is 109 Å². The molecule has 1 aromatic heterocycles. The number of methoxy groups -OCH3 is 1. The van der Waals surface area contributed by atoms with Gasteiger partial charge in [0.05, 0.1) is 40.5 Å². The number of halogens is 3. The van der Waals surface area contributed by atoms with Crippen molar-refractivity contribution >= 4 is 15.7 Å². The third kappa shape index (κ3) is 9.83. The maximum absolute atomic E-state index is 12.6. The number of carbonyl (C=O) groups is 1. The summed E-state index contributed by atoms with van der Waals surface area (Å²) in [7, 11) is 1.96. The summed E-state index contributed by atoms with van der Waals surface area (Å²) in [6, 6.07) is 7.41. The van der Waals surface area contributed by atoms with E-state index in [0.717, 1.165) is 43.6 Å². The number of nitrogens with one attached hydrogen (secondary N) is 1. The van der Waals surface area contributed by atoms with Gasteiger partial charge in [0.15, 0.2) is 9.84 Å². The molecule has 1 fully saturated rings. The molecule has 1 atom stereocenters. The van der Waals surface area contributed by atoms with Gasteiger partial charge < -0.3 is 15.2 Å². The molecule has 0 spiro atoms. The molecule has 2 heterocycles. The molecule has 1 amide bonds. The molecule has 0 radical (unpaired) electrons. The van der Waals surface area contributed by atoms with Gasteiger partial charge in [0.25, 0.3) is 5.91 Å². The molecule has 2 aromatic rings. The van der Waals surface area contributed by atoms with Crippen molar-refractivity contribution in [1.29, 1.82) is 0 Å². The van der Waals surface area contributed by atoms with Crippen LogP contribution in [0.25, 0.3) is 0 Å². The zero-order valence-electron chi connectivity index (χ0n) is 23.5. The lowest BCUT2D eigenvalue weighted by molar-refractivity contribution is -0.181. The van der Waals surface area contributed by atoms with Crippen molar-refractivity contribution in [2.75, 3.05) is 33.6 Å². The normalized spacial score (nSPS) is 16.6. The molecular formula is C28H40F3N3O5S. The van der Waals surface area contributed by atoms with Gasteiger partial charge in [-0.15, -0.1) is 0 Å². The third-order valence-electron chi connectivity index (χ3n) is 6.76. The minimum atomic E-state index is -3.93. The van der Waals surface area contributed by atoms with Crippen molar-refractivity contribution in [2.45, 2.75) is 69.2 Å². The maximum Gasteiger partial charge on any atom is 0.391 e. The number of aromatic nitrogens is 1. The molecule has 0 saturated heterocycles. The Morgan fingerprint density at radius 1 is 1.15 bits per heavy atom. The zero-order chi connectivity index (χ0) is 29.9. The van der Waals surface area contributed by atoms with E-state index < -0.39 is 28.0 Å². The van der Waals surface area contributed by atoms with Crippen molar-refractivity contribution in [3.8, 4) is 0 Å². The fraction of sp³-hybridized carbons (Fsp3) is 0.571. The molecule has 2 N–H and O–H groups in total. The van der Waals surface area contributed by atoms with Gasteiger partial charge in [0.2, 0.25) is 0 Å². The summed E-state index contributed by atoms with van der Waals surface area (Å²) in [6.07, 6.45) is 0.799. The molecule has 2 aliphatic rings. The van der Waals surface area contributed by atoms with Gasteiger partial charge in [-0.05, 0) is 49.2 Å². The van der Waals surface area contributed by atoms with Gasteiger partial charge in [0.1, 0.15) is 0 Å². The molecule has 1 aliphatic heterocycles. The largest absolute Gasteiger partial charge is 0.394 e. The fourth-order valence-electron chi connectivity index (χ4n) is 4.52. The Kier molecular flexibility index (Phi) is 13.0. The van der Waals surface area contributed by atoms with Crippen LogP contribution in [-0.2, 0) is 27.7 Å². The van der Waals surface area contributed by atoms with Crippen molar-refractivity contribution in [1.82, 2.24) is 15.2 Å². The van der Waals surface area contributed by atoms with Crippen LogP contribution in [0.5, 0.6) is 0 Å². The average molecular weight is 588 g/mol. The number of hydrogen-bond donors (Lipinski definition) is 2. The van der Waals surface area contributed by atoms with Crippen LogP contribution in [0.2, 0.25) is 0 Å². The first-order valence-corrected chi connectivity index (χ1v) is 14.9. The van der Waals surface area contributed by atoms with E-state index in [4.69, 9.17) is 0 Å². The SMILES string of the molecule is CCS(=O)(=O)c1ccc(C(CO)NC(=O)c2cnc3c(c2)CN(C)C3)cc1.COC.FC(F)(F)C1CCCCC1. The second-order valence-electron chi connectivity index (χ2n) is 9.97. The Balaban J connectivity index is 0.000000358. The van der Waals surface area contributed by atoms with Crippen molar-refractivity contribution in [3.05, 3.63) is 58.9 Å². The number of fused-ring (bicyclic) bond motifs is 1. The van der Waals surface area contributed by atoms with Crippen LogP contribution in [0.3, 0.4) is 0 Å². The number of aliphatic hydroxyl groups is 1. The first-order chi connectivity index (χ1) is 18.9. The number of rotatable bonds is 6. The lowest BCUT2D eigenvalue weighted by Crippen LogP contribution is -2.31. The van der Waals surface area contributed by atoms with E-state index in [-0.39, 0.29) is 23.2 Å². The highest BCUT2D eigenvalue weighted by Gasteiger charge is 2.39. The summed E-state index contributed by atoms with van der Waals surface area (Å²) < 4.78 is 63.9. The van der Waals surface area contributed by atoms with Crippen LogP contribution in [0, 0.1) is 5.92 Å². The Morgan fingerprint density at radius 3 is 2.25 bits per heavy atom. The molecule has 12 heteroatoms. The highest BCUT2D eigenvalue weighted by Crippen LogP contribution is 2.37. The minimum Gasteiger partial charge on any atom is -0.394 e. The molecule has 1 saturated carbocycles. The molecule has 0 bridgehead atoms. The predicted octanol–water partition coefficient (Wildman–Crippen LogP) is 4.68. The van der Waals surface area contributed by atoms with Crippen molar-refractivity contribution in [2.24, 2.45) is 5.92 Å². The van der Waals surface area contributed by atoms with E-state index >= 15 is 0 Å². The van der Waals surface area contributed by atoms with Gasteiger partial charge in [-0.3, -0.25) is 14.7 Å². The molecule has 40 heavy (non-hydrogen) atoms. The fourth-order valence-corrected chi connectivity index (χ4v) is 5.41. The zero-order valence-corrected chi connectivity index (χ0v) is 24.3. The Hall–Kier alpha value is -2.54. The average Bonchev–Trinajstić information content (AvgIpc) is 3.32. The summed E-state index contributed by atoms with van der Waals surface area (Å²) in [5.41, 5.74) is 3.07. The van der Waals surface area contributed by atoms with Crippen LogP contribution < -0.4 is 5.32 Å². The third-order valence-corrected chi connectivity index (χ3v) is 8.51. The molecule has 1 aromatic carbocycles. The molecular weight excluding hydrogens is 547 g/mol. The van der Waals surface area contributed by atoms with E-state index in [9.17, 15) is 31.5 Å². The van der Waals surface area contributed by atoms with Crippen LogP contribution in [0.4, 0.5) is 13.2 Å². The summed E-state index contributed by atoms with van der Waals surface area (Å²) in [4.78, 5) is 19.3. The highest BCUT2D eigenvalue weighted by atomic mass is 32.2. The molecule has 8 nitrogen and oxygen atoms in total. The molecule has 1 unspecified atom stereocenters. The van der Waals surface area contributed by atoms with E-state index in [0.29, 0.717) is 24.0 Å². The van der Waals surface area contributed by atoms with Crippen molar-refractivity contribution < 1.29 is 36.2 Å². The van der Waals surface area contributed by atoms with Gasteiger partial charge in [-0.2, -0.15) is 13.2 Å². The first kappa shape index (κ1) is 33.7. The first-order valence-electron chi connectivity index (χ1n) is 13.2. The number of benzene rings is 1. The number of pyridine rings is 1. The number of ether oxygens (including phenoxy) is 1. The number of sulfone groups is 1. The smallest absolute Gasteiger partial charge is 0.391 e. The monoisotopic (exact) mass is 587 g/mol. The van der Waals surface area contributed by atoms with Crippen LogP contribution in [0.15, 0.2) is 41.4 Å². The van der Waals surface area contributed by atoms with E-state index in [1.54, 1.807) is 39.5 Å². The van der Waals surface area contributed by atoms with Crippen molar-refractivity contribution in [3.63, 3.8) is 0 Å². The van der Waals surface area contributed by atoms with Crippen LogP contribution >= 0.6 is 0 Å². The van der Waals surface area contributed by atoms with E-state index in [1.807, 2.05) is 13.1 Å². The Labute approximate surface area is 234 Å². The van der Waals surface area contributed by atoms with E-state index in [1.165, 1.54) is 12.1 Å². The second-order valence-corrected chi connectivity index (χ2v) is 12.2. The summed E-state index contributed by atoms with van der Waals surface area (Å²) in [5.74, 6) is -1.31. The van der Waals surface area contributed by atoms with Gasteiger partial charge in [-0.1, -0.05) is 38.3 Å². The summed E-state index contributed by atoms with van der Waals surface area (Å²) in [5, 5.41) is 12.5. The molecule has 4 rings (SSSR count). The Bertz CT molecular complexity index is 1180. The molecule has 1 aliphatic carbocycles. The van der Waals surface area contributed by atoms with Gasteiger partial charge >= 0.3 is 6.18 Å². The summed E-state index contributed by atoms with van der Waals surface area (Å²) >= 11 is 0. The number of carbonyl (C=O) groups excluding carboxylic acids is 1. The standard InChI is InChI=1S/C19H23N3O4S.C7H11F3.C2H6O/c1-3-27(25,26)16-6-4-13(5-7-16)18(12-23)21-19(24)14-8-15-10-22(2)11-17(15)20-9-14;8-7(9,10)6-4-2-1-3-5-6;1-3-2/h4-9,18,23H,3,10-12H2,1-2H3,(H,21,24);6H,1-5H2;1-2H3. The van der Waals surface area contributed by atoms with Crippen LogP contribution in [0.1, 0.15) is 72.2 Å². The maximum atomic E-state index is 12.6. The number of nitrogens with zero attached hydrogens (tertiary/aromatic N) is 2. The lowest BCUT2D eigenvalue weighted by atomic mass is 9.89. The Morgan fingerprint density at radius 2 is 1.75 bits per heavy atom. The number of amides is 1. The van der Waals surface area contributed by atoms with Crippen LogP contribution in [-0.4, -0.2) is 69.1 Å². The van der Waals surface area contributed by atoms with Gasteiger partial charge in [-0.25, -0.2) is 8.42 Å².